The summed E-state index contributed by atoms with van der Waals surface area (Å²) >= 11 is 0. The lowest BCUT2D eigenvalue weighted by atomic mass is 10.0. The molecule has 0 radical (unpaired) electrons. The Morgan fingerprint density at radius 1 is 0.893 bits per heavy atom. The van der Waals surface area contributed by atoms with Gasteiger partial charge in [0.15, 0.2) is 6.10 Å². The Morgan fingerprint density at radius 3 is 2.18 bits per heavy atom. The number of aliphatic hydroxyl groups excluding tert-OH is 1. The van der Waals surface area contributed by atoms with Gasteiger partial charge in [-0.15, -0.1) is 0 Å². The average molecular weight is 376 g/mol. The molecule has 0 heterocycles. The molecule has 3 aromatic rings. The molecule has 0 bridgehead atoms. The molecule has 0 spiro atoms. The minimum absolute atomic E-state index is 0.0434. The van der Waals surface area contributed by atoms with E-state index in [4.69, 9.17) is 9.47 Å². The molecule has 1 atom stereocenters. The second-order valence-corrected chi connectivity index (χ2v) is 6.21. The van der Waals surface area contributed by atoms with Crippen molar-refractivity contribution >= 4 is 11.9 Å². The second kappa shape index (κ2) is 8.97. The fourth-order valence-electron chi connectivity index (χ4n) is 2.75. The molecule has 0 aliphatic rings. The first-order valence-electron chi connectivity index (χ1n) is 8.81. The van der Waals surface area contributed by atoms with Crippen LogP contribution in [-0.2, 0) is 20.9 Å². The molecule has 0 aromatic heterocycles. The molecule has 5 nitrogen and oxygen atoms in total. The van der Waals surface area contributed by atoms with E-state index in [9.17, 15) is 14.7 Å². The summed E-state index contributed by atoms with van der Waals surface area (Å²) in [5.41, 5.74) is 2.70. The summed E-state index contributed by atoms with van der Waals surface area (Å²) in [6.07, 6.45) is -1.57. The Bertz CT molecular complexity index is 951. The fraction of sp³-hybridized carbons (Fsp3) is 0.130. The molecule has 3 rings (SSSR count). The average Bonchev–Trinajstić information content (AvgIpc) is 2.72. The Kier molecular flexibility index (Phi) is 6.19. The van der Waals surface area contributed by atoms with Crippen molar-refractivity contribution in [2.24, 2.45) is 0 Å². The third kappa shape index (κ3) is 4.84. The SMILES string of the molecule is CC(=O)Oc1cc(-c2ccccc2)ccc1C(O)C(=O)OCc1ccccc1. The number of benzene rings is 3. The number of carbonyl (C=O) groups is 2. The highest BCUT2D eigenvalue weighted by atomic mass is 16.6. The molecule has 1 unspecified atom stereocenters. The molecule has 142 valence electrons. The molecule has 0 saturated heterocycles. The van der Waals surface area contributed by atoms with Gasteiger partial charge in [-0.25, -0.2) is 4.79 Å². The maximum absolute atomic E-state index is 12.3. The fourth-order valence-corrected chi connectivity index (χ4v) is 2.75. The minimum atomic E-state index is -1.57. The van der Waals surface area contributed by atoms with Gasteiger partial charge in [-0.3, -0.25) is 4.79 Å². The third-order valence-electron chi connectivity index (χ3n) is 4.12. The van der Waals surface area contributed by atoms with Gasteiger partial charge in [-0.2, -0.15) is 0 Å². The highest BCUT2D eigenvalue weighted by Crippen LogP contribution is 2.32. The van der Waals surface area contributed by atoms with E-state index in [1.54, 1.807) is 18.2 Å². The van der Waals surface area contributed by atoms with Crippen LogP contribution in [0.1, 0.15) is 24.2 Å². The van der Waals surface area contributed by atoms with Gasteiger partial charge in [0.05, 0.1) is 0 Å². The van der Waals surface area contributed by atoms with E-state index in [-0.39, 0.29) is 17.9 Å². The second-order valence-electron chi connectivity index (χ2n) is 6.21. The number of ether oxygens (including phenoxy) is 2. The van der Waals surface area contributed by atoms with Crippen molar-refractivity contribution < 1.29 is 24.2 Å². The topological polar surface area (TPSA) is 72.8 Å². The zero-order valence-corrected chi connectivity index (χ0v) is 15.4. The molecule has 3 aromatic carbocycles. The van der Waals surface area contributed by atoms with Gasteiger partial charge in [0.1, 0.15) is 12.4 Å². The molecule has 0 aliphatic heterocycles. The highest BCUT2D eigenvalue weighted by Gasteiger charge is 2.24. The number of esters is 2. The molecule has 0 aliphatic carbocycles. The van der Waals surface area contributed by atoms with Crippen molar-refractivity contribution in [1.29, 1.82) is 0 Å². The van der Waals surface area contributed by atoms with E-state index >= 15 is 0 Å². The Hall–Kier alpha value is -3.44. The van der Waals surface area contributed by atoms with Gasteiger partial charge in [0.2, 0.25) is 0 Å². The van der Waals surface area contributed by atoms with Crippen molar-refractivity contribution in [1.82, 2.24) is 0 Å². The van der Waals surface area contributed by atoms with E-state index < -0.39 is 18.0 Å². The predicted molar refractivity (Wildman–Crippen MR) is 104 cm³/mol. The first kappa shape index (κ1) is 19.3. The Balaban J connectivity index is 1.82. The summed E-state index contributed by atoms with van der Waals surface area (Å²) < 4.78 is 10.4. The number of carbonyl (C=O) groups excluding carboxylic acids is 2. The molecule has 0 amide bonds. The lowest BCUT2D eigenvalue weighted by molar-refractivity contribution is -0.155. The third-order valence-corrected chi connectivity index (χ3v) is 4.12. The van der Waals surface area contributed by atoms with Crippen molar-refractivity contribution in [3.05, 3.63) is 90.0 Å². The summed E-state index contributed by atoms with van der Waals surface area (Å²) in [5, 5.41) is 10.5. The standard InChI is InChI=1S/C23H20O5/c1-16(24)28-21-14-19(18-10-6-3-7-11-18)12-13-20(21)22(25)23(26)27-15-17-8-4-2-5-9-17/h2-14,22,25H,15H2,1H3. The summed E-state index contributed by atoms with van der Waals surface area (Å²) in [6, 6.07) is 23.6. The summed E-state index contributed by atoms with van der Waals surface area (Å²) in [5.74, 6) is -1.24. The van der Waals surface area contributed by atoms with Crippen molar-refractivity contribution in [3.8, 4) is 16.9 Å². The van der Waals surface area contributed by atoms with Crippen LogP contribution in [0.2, 0.25) is 0 Å². The Labute approximate surface area is 163 Å². The van der Waals surface area contributed by atoms with Crippen LogP contribution in [0.3, 0.4) is 0 Å². The number of hydrogen-bond donors (Lipinski definition) is 1. The first-order chi connectivity index (χ1) is 13.5. The number of rotatable bonds is 6. The lowest BCUT2D eigenvalue weighted by Gasteiger charge is -2.16. The van der Waals surface area contributed by atoms with Crippen LogP contribution in [0.15, 0.2) is 78.9 Å². The van der Waals surface area contributed by atoms with Gasteiger partial charge in [-0.1, -0.05) is 72.8 Å². The van der Waals surface area contributed by atoms with Crippen LogP contribution >= 0.6 is 0 Å². The molecular weight excluding hydrogens is 356 g/mol. The van der Waals surface area contributed by atoms with Gasteiger partial charge in [0.25, 0.3) is 0 Å². The summed E-state index contributed by atoms with van der Waals surface area (Å²) in [6.45, 7) is 1.31. The van der Waals surface area contributed by atoms with Crippen molar-refractivity contribution in [2.45, 2.75) is 19.6 Å². The minimum Gasteiger partial charge on any atom is -0.459 e. The van der Waals surface area contributed by atoms with Crippen LogP contribution < -0.4 is 4.74 Å². The molecular formula is C23H20O5. The zero-order valence-electron chi connectivity index (χ0n) is 15.4. The van der Waals surface area contributed by atoms with Crippen LogP contribution in [0.5, 0.6) is 5.75 Å². The van der Waals surface area contributed by atoms with Gasteiger partial charge in [-0.05, 0) is 22.8 Å². The van der Waals surface area contributed by atoms with Gasteiger partial charge >= 0.3 is 11.9 Å². The molecule has 1 N–H and O–H groups in total. The van der Waals surface area contributed by atoms with E-state index in [1.165, 1.54) is 6.92 Å². The first-order valence-corrected chi connectivity index (χ1v) is 8.81. The van der Waals surface area contributed by atoms with Gasteiger partial charge in [0, 0.05) is 12.5 Å². The summed E-state index contributed by atoms with van der Waals surface area (Å²) in [7, 11) is 0. The smallest absolute Gasteiger partial charge is 0.340 e. The highest BCUT2D eigenvalue weighted by molar-refractivity contribution is 5.80. The number of aliphatic hydroxyl groups is 1. The monoisotopic (exact) mass is 376 g/mol. The van der Waals surface area contributed by atoms with Crippen LogP contribution in [0, 0.1) is 0 Å². The van der Waals surface area contributed by atoms with E-state index in [0.29, 0.717) is 0 Å². The summed E-state index contributed by atoms with van der Waals surface area (Å²) in [4.78, 5) is 23.8. The van der Waals surface area contributed by atoms with Crippen molar-refractivity contribution in [2.75, 3.05) is 0 Å². The zero-order chi connectivity index (χ0) is 19.9. The number of hydrogen-bond acceptors (Lipinski definition) is 5. The largest absolute Gasteiger partial charge is 0.459 e. The molecule has 5 heteroatoms. The van der Waals surface area contributed by atoms with E-state index in [0.717, 1.165) is 16.7 Å². The van der Waals surface area contributed by atoms with Crippen LogP contribution in [0.4, 0.5) is 0 Å². The van der Waals surface area contributed by atoms with E-state index in [2.05, 4.69) is 0 Å². The molecule has 0 saturated carbocycles. The molecule has 0 fully saturated rings. The quantitative estimate of drug-likeness (QED) is 0.519. The van der Waals surface area contributed by atoms with Gasteiger partial charge < -0.3 is 14.6 Å². The maximum atomic E-state index is 12.3. The maximum Gasteiger partial charge on any atom is 0.340 e. The normalized spacial score (nSPS) is 11.5. The van der Waals surface area contributed by atoms with E-state index in [1.807, 2.05) is 60.7 Å². The lowest BCUT2D eigenvalue weighted by Crippen LogP contribution is -2.17. The van der Waals surface area contributed by atoms with Crippen molar-refractivity contribution in [3.63, 3.8) is 0 Å². The molecule has 28 heavy (non-hydrogen) atoms. The Morgan fingerprint density at radius 2 is 1.54 bits per heavy atom. The predicted octanol–water partition coefficient (Wildman–Crippen LogP) is 4.06. The van der Waals surface area contributed by atoms with Crippen LogP contribution in [0.25, 0.3) is 11.1 Å². The van der Waals surface area contributed by atoms with Crippen LogP contribution in [-0.4, -0.2) is 17.0 Å².